The SMILES string of the molecule is COc1cc2oc(C)c(CCC(=O)O)c2cc1OS(=O)(=O)[O-].[Na+]. The fourth-order valence-electron chi connectivity index (χ4n) is 2.15. The fraction of sp³-hybridized carbons (Fsp3) is 0.308. The average molecular weight is 352 g/mol. The summed E-state index contributed by atoms with van der Waals surface area (Å²) in [6, 6.07) is 2.67. The van der Waals surface area contributed by atoms with Crippen LogP contribution in [0.25, 0.3) is 11.0 Å². The molecule has 0 atom stereocenters. The minimum absolute atomic E-state index is 0. The number of carbonyl (C=O) groups is 1. The van der Waals surface area contributed by atoms with E-state index >= 15 is 0 Å². The van der Waals surface area contributed by atoms with Crippen LogP contribution in [0.15, 0.2) is 16.5 Å². The molecule has 0 aliphatic rings. The predicted molar refractivity (Wildman–Crippen MR) is 73.8 cm³/mol. The maximum Gasteiger partial charge on any atom is 1.00 e. The fourth-order valence-corrected chi connectivity index (χ4v) is 2.51. The molecule has 2 aromatic rings. The van der Waals surface area contributed by atoms with Crippen molar-refractivity contribution in [3.63, 3.8) is 0 Å². The number of ether oxygens (including phenoxy) is 1. The second kappa shape index (κ2) is 7.54. The number of carboxylic acid groups (broad SMARTS) is 1. The summed E-state index contributed by atoms with van der Waals surface area (Å²) in [6.45, 7) is 1.66. The number of fused-ring (bicyclic) bond motifs is 1. The Morgan fingerprint density at radius 2 is 2.00 bits per heavy atom. The van der Waals surface area contributed by atoms with E-state index in [1.807, 2.05) is 0 Å². The van der Waals surface area contributed by atoms with Crippen LogP contribution in [0.2, 0.25) is 0 Å². The topological polar surface area (TPSA) is 126 Å². The third-order valence-corrected chi connectivity index (χ3v) is 3.44. The van der Waals surface area contributed by atoms with Gasteiger partial charge >= 0.3 is 35.5 Å². The monoisotopic (exact) mass is 352 g/mol. The summed E-state index contributed by atoms with van der Waals surface area (Å²) in [7, 11) is -3.68. The minimum atomic E-state index is -4.96. The third-order valence-electron chi connectivity index (χ3n) is 3.06. The zero-order chi connectivity index (χ0) is 16.5. The van der Waals surface area contributed by atoms with Gasteiger partial charge in [0.15, 0.2) is 11.5 Å². The summed E-state index contributed by atoms with van der Waals surface area (Å²) in [5.41, 5.74) is 0.985. The Balaban J connectivity index is 0.00000264. The Bertz CT molecular complexity index is 824. The van der Waals surface area contributed by atoms with Crippen molar-refractivity contribution in [3.8, 4) is 11.5 Å². The number of hydrogen-bond acceptors (Lipinski definition) is 7. The molecule has 1 aromatic carbocycles. The number of hydrogen-bond donors (Lipinski definition) is 1. The zero-order valence-corrected chi connectivity index (χ0v) is 15.6. The third kappa shape index (κ3) is 4.85. The molecule has 1 aromatic heterocycles. The normalized spacial score (nSPS) is 11.1. The molecule has 0 spiro atoms. The summed E-state index contributed by atoms with van der Waals surface area (Å²) in [6.07, 6.45) is 0.0849. The molecule has 10 heteroatoms. The van der Waals surface area contributed by atoms with E-state index in [-0.39, 0.29) is 53.9 Å². The molecular weight excluding hydrogens is 339 g/mol. The van der Waals surface area contributed by atoms with Gasteiger partial charge in [-0.05, 0) is 19.4 Å². The Morgan fingerprint density at radius 3 is 2.52 bits per heavy atom. The van der Waals surface area contributed by atoms with Crippen molar-refractivity contribution in [2.45, 2.75) is 19.8 Å². The Labute approximate surface area is 154 Å². The number of carboxylic acids is 1. The number of aliphatic carboxylic acids is 1. The van der Waals surface area contributed by atoms with Crippen LogP contribution in [0.4, 0.5) is 0 Å². The Hall–Kier alpha value is -1.26. The molecule has 120 valence electrons. The number of benzene rings is 1. The van der Waals surface area contributed by atoms with Gasteiger partial charge in [-0.25, -0.2) is 8.42 Å². The molecule has 1 N–H and O–H groups in total. The van der Waals surface area contributed by atoms with Gasteiger partial charge < -0.3 is 23.0 Å². The van der Waals surface area contributed by atoms with Crippen LogP contribution < -0.4 is 38.5 Å². The first-order chi connectivity index (χ1) is 10.2. The molecule has 0 amide bonds. The summed E-state index contributed by atoms with van der Waals surface area (Å²) in [4.78, 5) is 10.7. The van der Waals surface area contributed by atoms with Gasteiger partial charge in [0.2, 0.25) is 0 Å². The Morgan fingerprint density at radius 1 is 1.35 bits per heavy atom. The van der Waals surface area contributed by atoms with Gasteiger partial charge in [-0.2, -0.15) is 0 Å². The van der Waals surface area contributed by atoms with Crippen molar-refractivity contribution in [2.75, 3.05) is 7.11 Å². The zero-order valence-electron chi connectivity index (χ0n) is 12.8. The molecule has 0 fully saturated rings. The van der Waals surface area contributed by atoms with Crippen LogP contribution in [-0.2, 0) is 21.6 Å². The van der Waals surface area contributed by atoms with Gasteiger partial charge in [0.1, 0.15) is 11.3 Å². The maximum atomic E-state index is 10.8. The van der Waals surface area contributed by atoms with Gasteiger partial charge in [0, 0.05) is 23.4 Å². The quantitative estimate of drug-likeness (QED) is 0.383. The van der Waals surface area contributed by atoms with E-state index in [0.717, 1.165) is 0 Å². The first kappa shape index (κ1) is 19.8. The van der Waals surface area contributed by atoms with E-state index in [1.54, 1.807) is 6.92 Å². The van der Waals surface area contributed by atoms with Crippen LogP contribution in [0.3, 0.4) is 0 Å². The first-order valence-corrected chi connectivity index (χ1v) is 7.51. The van der Waals surface area contributed by atoms with E-state index in [2.05, 4.69) is 4.18 Å². The molecule has 0 bridgehead atoms. The van der Waals surface area contributed by atoms with Crippen LogP contribution in [-0.4, -0.2) is 31.2 Å². The standard InChI is InChI=1S/C13H14O8S.Na/c1-7-8(3-4-13(14)15)9-5-12(21-22(16,17)18)11(19-2)6-10(9)20-7;/h5-6H,3-4H2,1-2H3,(H,14,15)(H,16,17,18);/q;+1/p-1. The second-order valence-corrected chi connectivity index (χ2v) is 5.50. The van der Waals surface area contributed by atoms with Crippen molar-refractivity contribution in [3.05, 3.63) is 23.5 Å². The minimum Gasteiger partial charge on any atom is -0.716 e. The number of furan rings is 1. The van der Waals surface area contributed by atoms with Crippen molar-refractivity contribution in [2.24, 2.45) is 0 Å². The van der Waals surface area contributed by atoms with Crippen molar-refractivity contribution < 1.29 is 65.8 Å². The molecule has 0 aliphatic carbocycles. The van der Waals surface area contributed by atoms with Gasteiger partial charge in [-0.3, -0.25) is 4.79 Å². The van der Waals surface area contributed by atoms with E-state index in [9.17, 15) is 17.8 Å². The van der Waals surface area contributed by atoms with Crippen LogP contribution in [0.1, 0.15) is 17.7 Å². The average Bonchev–Trinajstić information content (AvgIpc) is 2.68. The van der Waals surface area contributed by atoms with Crippen molar-refractivity contribution in [1.29, 1.82) is 0 Å². The second-order valence-electron chi connectivity index (χ2n) is 4.52. The number of rotatable bonds is 6. The molecular formula is C13H13NaO8S. The van der Waals surface area contributed by atoms with E-state index in [4.69, 9.17) is 14.3 Å². The molecule has 8 nitrogen and oxygen atoms in total. The molecule has 23 heavy (non-hydrogen) atoms. The smallest absolute Gasteiger partial charge is 0.716 e. The Kier molecular flexibility index (Phi) is 6.49. The van der Waals surface area contributed by atoms with Gasteiger partial charge in [0.05, 0.1) is 7.11 Å². The molecule has 0 saturated carbocycles. The molecule has 0 aliphatic heterocycles. The molecule has 0 saturated heterocycles. The van der Waals surface area contributed by atoms with E-state index in [0.29, 0.717) is 22.3 Å². The molecule has 0 radical (unpaired) electrons. The first-order valence-electron chi connectivity index (χ1n) is 6.18. The molecule has 2 rings (SSSR count). The predicted octanol–water partition coefficient (Wildman–Crippen LogP) is -1.39. The van der Waals surface area contributed by atoms with E-state index in [1.165, 1.54) is 19.2 Å². The van der Waals surface area contributed by atoms with Crippen LogP contribution >= 0.6 is 0 Å². The number of methoxy groups -OCH3 is 1. The number of aryl methyl sites for hydroxylation is 2. The summed E-state index contributed by atoms with van der Waals surface area (Å²) >= 11 is 0. The largest absolute Gasteiger partial charge is 1.00 e. The van der Waals surface area contributed by atoms with Gasteiger partial charge in [-0.1, -0.05) is 0 Å². The van der Waals surface area contributed by atoms with Crippen LogP contribution in [0.5, 0.6) is 11.5 Å². The summed E-state index contributed by atoms with van der Waals surface area (Å²) in [5, 5.41) is 9.24. The molecule has 1 heterocycles. The van der Waals surface area contributed by atoms with Crippen molar-refractivity contribution in [1.82, 2.24) is 0 Å². The maximum absolute atomic E-state index is 10.8. The van der Waals surface area contributed by atoms with Gasteiger partial charge in [0.25, 0.3) is 10.4 Å². The van der Waals surface area contributed by atoms with E-state index < -0.39 is 16.4 Å². The molecule has 0 unspecified atom stereocenters. The summed E-state index contributed by atoms with van der Waals surface area (Å²) < 4.78 is 47.1. The van der Waals surface area contributed by atoms with Gasteiger partial charge in [-0.15, -0.1) is 0 Å². The summed E-state index contributed by atoms with van der Waals surface area (Å²) in [5.74, 6) is -0.728. The van der Waals surface area contributed by atoms with Crippen molar-refractivity contribution >= 4 is 27.3 Å². The van der Waals surface area contributed by atoms with Crippen LogP contribution in [0, 0.1) is 6.92 Å².